The Kier molecular flexibility index (Phi) is 3.45. The second-order valence-corrected chi connectivity index (χ2v) is 3.55. The highest BCUT2D eigenvalue weighted by molar-refractivity contribution is 5.69. The van der Waals surface area contributed by atoms with Crippen LogP contribution >= 0.6 is 0 Å². The first-order valence-corrected chi connectivity index (χ1v) is 5.51. The van der Waals surface area contributed by atoms with Gasteiger partial charge in [0.2, 0.25) is 0 Å². The standard InChI is InChI=1S/C13H14N4/c1-2-3-5-10-6-7-11(12(14)17-10)13-15-8-4-9-16-13/h3-9H,2H2,1H3,(H2,14,17)/b5-3+. The molecule has 0 bridgehead atoms. The van der Waals surface area contributed by atoms with Crippen molar-refractivity contribution in [3.05, 3.63) is 42.4 Å². The van der Waals surface area contributed by atoms with Crippen LogP contribution in [-0.2, 0) is 0 Å². The smallest absolute Gasteiger partial charge is 0.162 e. The summed E-state index contributed by atoms with van der Waals surface area (Å²) in [6.45, 7) is 2.08. The topological polar surface area (TPSA) is 64.7 Å². The molecule has 4 nitrogen and oxygen atoms in total. The molecular weight excluding hydrogens is 212 g/mol. The van der Waals surface area contributed by atoms with E-state index in [-0.39, 0.29) is 0 Å². The molecule has 2 aromatic rings. The second-order valence-electron chi connectivity index (χ2n) is 3.55. The maximum absolute atomic E-state index is 5.90. The summed E-state index contributed by atoms with van der Waals surface area (Å²) in [5.74, 6) is 1.05. The van der Waals surface area contributed by atoms with E-state index >= 15 is 0 Å². The predicted octanol–water partition coefficient (Wildman–Crippen LogP) is 2.54. The van der Waals surface area contributed by atoms with E-state index in [2.05, 4.69) is 21.9 Å². The summed E-state index contributed by atoms with van der Waals surface area (Å²) >= 11 is 0. The fourth-order valence-corrected chi connectivity index (χ4v) is 1.45. The van der Waals surface area contributed by atoms with Crippen LogP contribution in [0.25, 0.3) is 17.5 Å². The lowest BCUT2D eigenvalue weighted by molar-refractivity contribution is 1.16. The Morgan fingerprint density at radius 3 is 2.65 bits per heavy atom. The Morgan fingerprint density at radius 2 is 2.00 bits per heavy atom. The van der Waals surface area contributed by atoms with Crippen LogP contribution in [-0.4, -0.2) is 15.0 Å². The van der Waals surface area contributed by atoms with Gasteiger partial charge in [-0.1, -0.05) is 13.0 Å². The molecule has 0 radical (unpaired) electrons. The minimum atomic E-state index is 0.453. The number of allylic oxidation sites excluding steroid dienone is 1. The average molecular weight is 226 g/mol. The molecular formula is C13H14N4. The highest BCUT2D eigenvalue weighted by Crippen LogP contribution is 2.20. The van der Waals surface area contributed by atoms with Crippen LogP contribution in [0.4, 0.5) is 5.82 Å². The third-order valence-electron chi connectivity index (χ3n) is 2.28. The minimum Gasteiger partial charge on any atom is -0.383 e. The largest absolute Gasteiger partial charge is 0.383 e. The van der Waals surface area contributed by atoms with Crippen molar-refractivity contribution in [2.24, 2.45) is 0 Å². The van der Waals surface area contributed by atoms with E-state index in [0.29, 0.717) is 11.6 Å². The van der Waals surface area contributed by atoms with Crippen molar-refractivity contribution in [2.45, 2.75) is 13.3 Å². The predicted molar refractivity (Wildman–Crippen MR) is 69.0 cm³/mol. The number of anilines is 1. The van der Waals surface area contributed by atoms with Gasteiger partial charge in [-0.05, 0) is 30.7 Å². The SMILES string of the molecule is CC/C=C/c1ccc(-c2ncccn2)c(N)n1. The van der Waals surface area contributed by atoms with Crippen molar-refractivity contribution in [3.8, 4) is 11.4 Å². The zero-order valence-electron chi connectivity index (χ0n) is 9.67. The molecule has 0 aliphatic heterocycles. The highest BCUT2D eigenvalue weighted by atomic mass is 14.9. The zero-order valence-corrected chi connectivity index (χ0v) is 9.67. The van der Waals surface area contributed by atoms with Gasteiger partial charge in [-0.25, -0.2) is 15.0 Å². The van der Waals surface area contributed by atoms with E-state index in [1.807, 2.05) is 24.3 Å². The van der Waals surface area contributed by atoms with Crippen LogP contribution in [0, 0.1) is 0 Å². The number of aromatic nitrogens is 3. The van der Waals surface area contributed by atoms with E-state index < -0.39 is 0 Å². The molecule has 4 heteroatoms. The van der Waals surface area contributed by atoms with Gasteiger partial charge >= 0.3 is 0 Å². The number of nitrogen functional groups attached to an aromatic ring is 1. The third-order valence-corrected chi connectivity index (χ3v) is 2.28. The third kappa shape index (κ3) is 2.66. The average Bonchev–Trinajstić information content (AvgIpc) is 2.37. The summed E-state index contributed by atoms with van der Waals surface area (Å²) < 4.78 is 0. The van der Waals surface area contributed by atoms with Crippen LogP contribution < -0.4 is 5.73 Å². The fourth-order valence-electron chi connectivity index (χ4n) is 1.45. The number of hydrogen-bond acceptors (Lipinski definition) is 4. The Hall–Kier alpha value is -2.23. The monoisotopic (exact) mass is 226 g/mol. The Bertz CT molecular complexity index is 520. The van der Waals surface area contributed by atoms with Gasteiger partial charge in [0.05, 0.1) is 11.3 Å². The van der Waals surface area contributed by atoms with Gasteiger partial charge in [0.25, 0.3) is 0 Å². The quantitative estimate of drug-likeness (QED) is 0.873. The molecule has 0 saturated carbocycles. The minimum absolute atomic E-state index is 0.453. The first kappa shape index (κ1) is 11.3. The summed E-state index contributed by atoms with van der Waals surface area (Å²) in [6.07, 6.45) is 8.34. The van der Waals surface area contributed by atoms with Crippen molar-refractivity contribution in [3.63, 3.8) is 0 Å². The summed E-state index contributed by atoms with van der Waals surface area (Å²) in [5, 5.41) is 0. The molecule has 0 aliphatic rings. The molecule has 0 aromatic carbocycles. The van der Waals surface area contributed by atoms with Crippen LogP contribution in [0.15, 0.2) is 36.7 Å². The molecule has 86 valence electrons. The van der Waals surface area contributed by atoms with Crippen molar-refractivity contribution >= 4 is 11.9 Å². The highest BCUT2D eigenvalue weighted by Gasteiger charge is 2.05. The molecule has 0 fully saturated rings. The van der Waals surface area contributed by atoms with E-state index in [1.54, 1.807) is 18.5 Å². The molecule has 0 amide bonds. The van der Waals surface area contributed by atoms with E-state index in [4.69, 9.17) is 5.73 Å². The van der Waals surface area contributed by atoms with Crippen molar-refractivity contribution in [2.75, 3.05) is 5.73 Å². The number of hydrogen-bond donors (Lipinski definition) is 1. The van der Waals surface area contributed by atoms with Crippen molar-refractivity contribution < 1.29 is 0 Å². The van der Waals surface area contributed by atoms with Gasteiger partial charge in [0.1, 0.15) is 5.82 Å². The van der Waals surface area contributed by atoms with Crippen molar-refractivity contribution in [1.82, 2.24) is 15.0 Å². The zero-order chi connectivity index (χ0) is 12.1. The Labute approximate surface area is 100 Å². The summed E-state index contributed by atoms with van der Waals surface area (Å²) in [5.41, 5.74) is 7.51. The number of nitrogens with two attached hydrogens (primary N) is 1. The molecule has 2 aromatic heterocycles. The molecule has 0 aliphatic carbocycles. The lowest BCUT2D eigenvalue weighted by Crippen LogP contribution is -1.98. The molecule has 2 N–H and O–H groups in total. The lowest BCUT2D eigenvalue weighted by atomic mass is 10.2. The van der Waals surface area contributed by atoms with Crippen LogP contribution in [0.1, 0.15) is 19.0 Å². The van der Waals surface area contributed by atoms with Crippen LogP contribution in [0.2, 0.25) is 0 Å². The van der Waals surface area contributed by atoms with Crippen molar-refractivity contribution in [1.29, 1.82) is 0 Å². The lowest BCUT2D eigenvalue weighted by Gasteiger charge is -2.03. The maximum atomic E-state index is 5.90. The molecule has 17 heavy (non-hydrogen) atoms. The molecule has 2 heterocycles. The van der Waals surface area contributed by atoms with Gasteiger partial charge in [0, 0.05) is 12.4 Å². The van der Waals surface area contributed by atoms with Gasteiger partial charge in [-0.15, -0.1) is 0 Å². The first-order chi connectivity index (χ1) is 8.31. The van der Waals surface area contributed by atoms with E-state index in [1.165, 1.54) is 0 Å². The summed E-state index contributed by atoms with van der Waals surface area (Å²) in [4.78, 5) is 12.6. The maximum Gasteiger partial charge on any atom is 0.162 e. The normalized spacial score (nSPS) is 10.9. The molecule has 0 spiro atoms. The number of pyridine rings is 1. The van der Waals surface area contributed by atoms with Crippen LogP contribution in [0.5, 0.6) is 0 Å². The van der Waals surface area contributed by atoms with Gasteiger partial charge in [0.15, 0.2) is 5.82 Å². The summed E-state index contributed by atoms with van der Waals surface area (Å²) in [7, 11) is 0. The first-order valence-electron chi connectivity index (χ1n) is 5.51. The van der Waals surface area contributed by atoms with Gasteiger partial charge in [-0.3, -0.25) is 0 Å². The van der Waals surface area contributed by atoms with E-state index in [9.17, 15) is 0 Å². The number of nitrogens with zero attached hydrogens (tertiary/aromatic N) is 3. The molecule has 0 unspecified atom stereocenters. The number of rotatable bonds is 3. The van der Waals surface area contributed by atoms with Gasteiger partial charge in [-0.2, -0.15) is 0 Å². The Balaban J connectivity index is 2.35. The van der Waals surface area contributed by atoms with Crippen LogP contribution in [0.3, 0.4) is 0 Å². The molecule has 2 rings (SSSR count). The van der Waals surface area contributed by atoms with Gasteiger partial charge < -0.3 is 5.73 Å². The fraction of sp³-hybridized carbons (Fsp3) is 0.154. The molecule has 0 saturated heterocycles. The second kappa shape index (κ2) is 5.21. The summed E-state index contributed by atoms with van der Waals surface area (Å²) in [6, 6.07) is 5.58. The Morgan fingerprint density at radius 1 is 1.24 bits per heavy atom. The van der Waals surface area contributed by atoms with E-state index in [0.717, 1.165) is 17.7 Å². The molecule has 0 atom stereocenters.